The first kappa shape index (κ1) is 16.1. The zero-order valence-corrected chi connectivity index (χ0v) is 14.8. The Morgan fingerprint density at radius 1 is 0.960 bits per heavy atom. The van der Waals surface area contributed by atoms with Crippen molar-refractivity contribution in [3.63, 3.8) is 0 Å². The Kier molecular flexibility index (Phi) is 4.65. The van der Waals surface area contributed by atoms with Crippen LogP contribution in [0.5, 0.6) is 0 Å². The van der Waals surface area contributed by atoms with Gasteiger partial charge in [0.1, 0.15) is 0 Å². The van der Waals surface area contributed by atoms with Crippen molar-refractivity contribution < 1.29 is 0 Å². The van der Waals surface area contributed by atoms with Crippen molar-refractivity contribution in [2.75, 3.05) is 13.1 Å². The number of likely N-dealkylation sites (tertiary alicyclic amines) is 1. The first-order chi connectivity index (χ1) is 12.3. The van der Waals surface area contributed by atoms with E-state index >= 15 is 0 Å². The van der Waals surface area contributed by atoms with Crippen molar-refractivity contribution in [2.45, 2.75) is 25.9 Å². The van der Waals surface area contributed by atoms with Crippen LogP contribution in [0.15, 0.2) is 55.1 Å². The minimum Gasteiger partial charge on any atom is -0.331 e. The Labute approximate surface area is 148 Å². The van der Waals surface area contributed by atoms with E-state index in [0.29, 0.717) is 5.92 Å². The Balaban J connectivity index is 1.35. The van der Waals surface area contributed by atoms with Crippen LogP contribution >= 0.6 is 0 Å². The topological polar surface area (TPSA) is 38.9 Å². The summed E-state index contributed by atoms with van der Waals surface area (Å²) in [5, 5.41) is 0. The van der Waals surface area contributed by atoms with Gasteiger partial charge in [0, 0.05) is 44.9 Å². The zero-order valence-electron chi connectivity index (χ0n) is 14.8. The second-order valence-corrected chi connectivity index (χ2v) is 6.97. The molecule has 0 unspecified atom stereocenters. The van der Waals surface area contributed by atoms with Gasteiger partial charge in [0.05, 0.1) is 0 Å². The van der Waals surface area contributed by atoms with Gasteiger partial charge in [-0.3, -0.25) is 4.90 Å². The van der Waals surface area contributed by atoms with Crippen LogP contribution in [0.4, 0.5) is 0 Å². The molecular weight excluding hydrogens is 310 g/mol. The summed E-state index contributed by atoms with van der Waals surface area (Å²) in [7, 11) is 2.02. The van der Waals surface area contributed by atoms with Gasteiger partial charge in [-0.25, -0.2) is 9.97 Å². The number of aryl methyl sites for hydroxylation is 1. The maximum Gasteiger partial charge on any atom is 0.176 e. The fourth-order valence-corrected chi connectivity index (χ4v) is 3.69. The monoisotopic (exact) mass is 335 g/mol. The summed E-state index contributed by atoms with van der Waals surface area (Å²) in [4.78, 5) is 11.5. The number of hydrogen-bond donors (Lipinski definition) is 0. The van der Waals surface area contributed by atoms with E-state index in [2.05, 4.69) is 56.0 Å². The molecule has 2 aromatic heterocycles. The van der Waals surface area contributed by atoms with Crippen LogP contribution in [0.25, 0.3) is 11.6 Å². The lowest BCUT2D eigenvalue weighted by Crippen LogP contribution is -2.34. The molecule has 3 aromatic rings. The number of rotatable bonds is 5. The number of hydrogen-bond acceptors (Lipinski definition) is 3. The molecular formula is C20H25N5. The van der Waals surface area contributed by atoms with Crippen molar-refractivity contribution in [3.8, 4) is 11.6 Å². The third kappa shape index (κ3) is 3.66. The third-order valence-corrected chi connectivity index (χ3v) is 5.15. The molecule has 0 aliphatic carbocycles. The Morgan fingerprint density at radius 2 is 1.68 bits per heavy atom. The average Bonchev–Trinajstić information content (AvgIpc) is 3.26. The molecule has 4 rings (SSSR count). The number of aromatic nitrogens is 4. The van der Waals surface area contributed by atoms with Gasteiger partial charge in [0.2, 0.25) is 0 Å². The molecule has 0 bridgehead atoms. The lowest BCUT2D eigenvalue weighted by molar-refractivity contribution is 0.167. The summed E-state index contributed by atoms with van der Waals surface area (Å²) in [5.74, 6) is 2.62. The Morgan fingerprint density at radius 3 is 2.40 bits per heavy atom. The van der Waals surface area contributed by atoms with Gasteiger partial charge in [-0.1, -0.05) is 30.3 Å². The highest BCUT2D eigenvalue weighted by molar-refractivity contribution is 5.44. The number of imidazole rings is 2. The first-order valence-corrected chi connectivity index (χ1v) is 9.04. The van der Waals surface area contributed by atoms with Crippen LogP contribution in [0.1, 0.15) is 18.4 Å². The van der Waals surface area contributed by atoms with Crippen LogP contribution in [0, 0.1) is 5.92 Å². The van der Waals surface area contributed by atoms with Crippen LogP contribution in [-0.2, 0) is 20.1 Å². The van der Waals surface area contributed by atoms with Crippen molar-refractivity contribution in [2.24, 2.45) is 13.0 Å². The largest absolute Gasteiger partial charge is 0.331 e. The predicted octanol–water partition coefficient (Wildman–Crippen LogP) is 3.20. The molecule has 0 N–H and O–H groups in total. The van der Waals surface area contributed by atoms with Gasteiger partial charge in [0.15, 0.2) is 11.6 Å². The van der Waals surface area contributed by atoms with Crippen LogP contribution in [0.2, 0.25) is 0 Å². The van der Waals surface area contributed by atoms with Gasteiger partial charge in [-0.15, -0.1) is 0 Å². The Hall–Kier alpha value is -2.40. The van der Waals surface area contributed by atoms with Gasteiger partial charge in [-0.05, 0) is 37.4 Å². The van der Waals surface area contributed by atoms with Gasteiger partial charge < -0.3 is 9.13 Å². The summed E-state index contributed by atoms with van der Waals surface area (Å²) in [6.45, 7) is 4.44. The quantitative estimate of drug-likeness (QED) is 0.719. The molecule has 1 aliphatic rings. The molecule has 130 valence electrons. The van der Waals surface area contributed by atoms with Crippen molar-refractivity contribution in [3.05, 3.63) is 60.7 Å². The molecule has 3 heterocycles. The molecule has 5 heteroatoms. The molecule has 25 heavy (non-hydrogen) atoms. The fraction of sp³-hybridized carbons (Fsp3) is 0.400. The van der Waals surface area contributed by atoms with E-state index in [9.17, 15) is 0 Å². The summed E-state index contributed by atoms with van der Waals surface area (Å²) in [6.07, 6.45) is 10.2. The molecule has 0 spiro atoms. The second kappa shape index (κ2) is 7.23. The molecule has 0 saturated carbocycles. The number of nitrogens with zero attached hydrogens (tertiary/aromatic N) is 5. The molecule has 5 nitrogen and oxygen atoms in total. The maximum atomic E-state index is 4.52. The summed E-state index contributed by atoms with van der Waals surface area (Å²) >= 11 is 0. The normalized spacial score (nSPS) is 16.4. The van der Waals surface area contributed by atoms with Gasteiger partial charge >= 0.3 is 0 Å². The van der Waals surface area contributed by atoms with Crippen molar-refractivity contribution in [1.82, 2.24) is 24.0 Å². The number of benzene rings is 1. The average molecular weight is 335 g/mol. The SMILES string of the molecule is Cn1ccnc1-c1nccn1CC1CCN(Cc2ccccc2)CC1. The molecule has 1 aromatic carbocycles. The highest BCUT2D eigenvalue weighted by Crippen LogP contribution is 2.23. The van der Waals surface area contributed by atoms with Crippen molar-refractivity contribution in [1.29, 1.82) is 0 Å². The standard InChI is InChI=1S/C20H25N5/c1-23-13-9-21-19(23)20-22-10-14-25(20)16-18-7-11-24(12-8-18)15-17-5-3-2-4-6-17/h2-6,9-10,13-14,18H,7-8,11-12,15-16H2,1H3. The molecule has 0 radical (unpaired) electrons. The highest BCUT2D eigenvalue weighted by atomic mass is 15.2. The second-order valence-electron chi connectivity index (χ2n) is 6.97. The minimum atomic E-state index is 0.709. The molecule has 1 fully saturated rings. The van der Waals surface area contributed by atoms with E-state index in [1.165, 1.54) is 31.5 Å². The van der Waals surface area contributed by atoms with Crippen molar-refractivity contribution >= 4 is 0 Å². The lowest BCUT2D eigenvalue weighted by Gasteiger charge is -2.32. The Bertz CT molecular complexity index is 796. The van der Waals surface area contributed by atoms with Gasteiger partial charge in [-0.2, -0.15) is 0 Å². The molecule has 1 saturated heterocycles. The third-order valence-electron chi connectivity index (χ3n) is 5.15. The van der Waals surface area contributed by atoms with Crippen LogP contribution in [0.3, 0.4) is 0 Å². The predicted molar refractivity (Wildman–Crippen MR) is 98.9 cm³/mol. The van der Waals surface area contributed by atoms with E-state index in [0.717, 1.165) is 24.7 Å². The molecule has 1 aliphatic heterocycles. The summed E-state index contributed by atoms with van der Waals surface area (Å²) in [6, 6.07) is 10.8. The van der Waals surface area contributed by atoms with E-state index < -0.39 is 0 Å². The maximum absolute atomic E-state index is 4.52. The van der Waals surface area contributed by atoms with Gasteiger partial charge in [0.25, 0.3) is 0 Å². The zero-order chi connectivity index (χ0) is 17.1. The number of piperidine rings is 1. The molecule has 0 atom stereocenters. The summed E-state index contributed by atoms with van der Waals surface area (Å²) < 4.78 is 4.29. The fourth-order valence-electron chi connectivity index (χ4n) is 3.69. The first-order valence-electron chi connectivity index (χ1n) is 9.04. The van der Waals surface area contributed by atoms with E-state index in [1.54, 1.807) is 0 Å². The lowest BCUT2D eigenvalue weighted by atomic mass is 9.96. The molecule has 0 amide bonds. The van der Waals surface area contributed by atoms with E-state index in [4.69, 9.17) is 0 Å². The van der Waals surface area contributed by atoms with Crippen LogP contribution in [-0.4, -0.2) is 37.1 Å². The smallest absolute Gasteiger partial charge is 0.176 e. The van der Waals surface area contributed by atoms with E-state index in [-0.39, 0.29) is 0 Å². The minimum absolute atomic E-state index is 0.709. The van der Waals surface area contributed by atoms with Crippen LogP contribution < -0.4 is 0 Å². The van der Waals surface area contributed by atoms with E-state index in [1.807, 2.05) is 30.2 Å². The summed E-state index contributed by atoms with van der Waals surface area (Å²) in [5.41, 5.74) is 1.41. The highest BCUT2D eigenvalue weighted by Gasteiger charge is 2.21.